The molecule has 1 aliphatic heterocycles. The first kappa shape index (κ1) is 18.8. The molecule has 1 amide bonds. The summed E-state index contributed by atoms with van der Waals surface area (Å²) in [4.78, 5) is 25.3. The van der Waals surface area contributed by atoms with Gasteiger partial charge < -0.3 is 14.6 Å². The van der Waals surface area contributed by atoms with E-state index in [0.717, 1.165) is 32.7 Å². The van der Waals surface area contributed by atoms with Crippen LogP contribution in [0.15, 0.2) is 48.5 Å². The van der Waals surface area contributed by atoms with Crippen LogP contribution in [0.25, 0.3) is 11.1 Å². The van der Waals surface area contributed by atoms with Gasteiger partial charge in [-0.3, -0.25) is 5.32 Å². The first-order valence-electron chi connectivity index (χ1n) is 9.71. The van der Waals surface area contributed by atoms with Crippen molar-refractivity contribution in [3.8, 4) is 11.1 Å². The first-order chi connectivity index (χ1) is 14.6. The van der Waals surface area contributed by atoms with Crippen molar-refractivity contribution >= 4 is 29.1 Å². The number of carbonyl (C=O) groups excluding carboxylic acids is 1. The average Bonchev–Trinajstić information content (AvgIpc) is 3.29. The average molecular weight is 421 g/mol. The van der Waals surface area contributed by atoms with Gasteiger partial charge in [0.05, 0.1) is 18.9 Å². The van der Waals surface area contributed by atoms with Crippen molar-refractivity contribution in [2.24, 2.45) is 0 Å². The van der Waals surface area contributed by atoms with E-state index in [1.807, 2.05) is 24.3 Å². The zero-order chi connectivity index (χ0) is 20.7. The lowest BCUT2D eigenvalue weighted by molar-refractivity contribution is 0.0703. The van der Waals surface area contributed by atoms with Crippen molar-refractivity contribution in [3.63, 3.8) is 0 Å². The van der Waals surface area contributed by atoms with Crippen LogP contribution < -0.4 is 5.32 Å². The molecule has 0 bridgehead atoms. The van der Waals surface area contributed by atoms with Crippen molar-refractivity contribution in [1.82, 2.24) is 0 Å². The van der Waals surface area contributed by atoms with Gasteiger partial charge in [0, 0.05) is 22.8 Å². The number of carboxylic acids is 1. The van der Waals surface area contributed by atoms with E-state index in [1.54, 1.807) is 0 Å². The molecule has 152 valence electrons. The highest BCUT2D eigenvalue weighted by Crippen LogP contribution is 2.44. The Labute approximate surface area is 177 Å². The van der Waals surface area contributed by atoms with Gasteiger partial charge in [-0.25, -0.2) is 9.59 Å². The second-order valence-corrected chi connectivity index (χ2v) is 8.37. The van der Waals surface area contributed by atoms with E-state index in [9.17, 15) is 14.7 Å². The SMILES string of the molecule is O=C(Nc1c(C(=O)O)sc2c1COCC2)OCC1c2ccccc2-c2ccccc21. The third-order valence-electron chi connectivity index (χ3n) is 5.58. The zero-order valence-corrected chi connectivity index (χ0v) is 16.8. The summed E-state index contributed by atoms with van der Waals surface area (Å²) in [6.07, 6.45) is -0.0161. The van der Waals surface area contributed by atoms with Crippen LogP contribution >= 0.6 is 11.3 Å². The van der Waals surface area contributed by atoms with Gasteiger partial charge in [0.25, 0.3) is 0 Å². The molecule has 0 radical (unpaired) electrons. The summed E-state index contributed by atoms with van der Waals surface area (Å²) in [6, 6.07) is 16.2. The first-order valence-corrected chi connectivity index (χ1v) is 10.5. The Morgan fingerprint density at radius 3 is 2.43 bits per heavy atom. The van der Waals surface area contributed by atoms with Crippen molar-refractivity contribution in [2.45, 2.75) is 18.9 Å². The minimum Gasteiger partial charge on any atom is -0.477 e. The third-order valence-corrected chi connectivity index (χ3v) is 6.86. The zero-order valence-electron chi connectivity index (χ0n) is 16.0. The van der Waals surface area contributed by atoms with Gasteiger partial charge in [0.1, 0.15) is 11.5 Å². The molecule has 0 atom stereocenters. The molecule has 0 unspecified atom stereocenters. The summed E-state index contributed by atoms with van der Waals surface area (Å²) < 4.78 is 11.0. The maximum Gasteiger partial charge on any atom is 0.411 e. The summed E-state index contributed by atoms with van der Waals surface area (Å²) >= 11 is 1.19. The highest BCUT2D eigenvalue weighted by atomic mass is 32.1. The lowest BCUT2D eigenvalue weighted by Crippen LogP contribution is -2.20. The molecular formula is C23H19NO5S. The maximum atomic E-state index is 12.6. The smallest absolute Gasteiger partial charge is 0.411 e. The van der Waals surface area contributed by atoms with Gasteiger partial charge in [-0.2, -0.15) is 0 Å². The molecule has 1 aromatic heterocycles. The minimum absolute atomic E-state index is 0.0539. The summed E-state index contributed by atoms with van der Waals surface area (Å²) in [6.45, 7) is 1.01. The molecule has 6 nitrogen and oxygen atoms in total. The van der Waals surface area contributed by atoms with Crippen LogP contribution in [0.3, 0.4) is 0 Å². The fourth-order valence-corrected chi connectivity index (χ4v) is 5.30. The van der Waals surface area contributed by atoms with E-state index in [2.05, 4.69) is 29.6 Å². The van der Waals surface area contributed by atoms with Crippen LogP contribution in [0.1, 0.15) is 37.2 Å². The molecule has 2 heterocycles. The number of carboxylic acid groups (broad SMARTS) is 1. The van der Waals surface area contributed by atoms with Crippen molar-refractivity contribution in [1.29, 1.82) is 0 Å². The number of carbonyl (C=O) groups is 2. The van der Waals surface area contributed by atoms with Gasteiger partial charge in [0.2, 0.25) is 0 Å². The van der Waals surface area contributed by atoms with Gasteiger partial charge in [-0.05, 0) is 22.3 Å². The Morgan fingerprint density at radius 2 is 1.77 bits per heavy atom. The Morgan fingerprint density at radius 1 is 1.10 bits per heavy atom. The van der Waals surface area contributed by atoms with E-state index < -0.39 is 12.1 Å². The Kier molecular flexibility index (Phi) is 4.77. The quantitative estimate of drug-likeness (QED) is 0.627. The van der Waals surface area contributed by atoms with Gasteiger partial charge in [-0.15, -0.1) is 11.3 Å². The van der Waals surface area contributed by atoms with Crippen LogP contribution in [0, 0.1) is 0 Å². The van der Waals surface area contributed by atoms with Gasteiger partial charge >= 0.3 is 12.1 Å². The number of fused-ring (bicyclic) bond motifs is 4. The number of hydrogen-bond acceptors (Lipinski definition) is 5. The summed E-state index contributed by atoms with van der Waals surface area (Å²) in [5.41, 5.74) is 5.58. The molecule has 0 fully saturated rings. The van der Waals surface area contributed by atoms with Crippen LogP contribution in [0.4, 0.5) is 10.5 Å². The normalized spacial score (nSPS) is 14.5. The molecule has 7 heteroatoms. The molecule has 3 aromatic rings. The number of anilines is 1. The van der Waals surface area contributed by atoms with Crippen molar-refractivity contribution in [2.75, 3.05) is 18.5 Å². The topological polar surface area (TPSA) is 84.9 Å². The predicted octanol–water partition coefficient (Wildman–Crippen LogP) is 4.88. The number of thiophene rings is 1. The molecule has 2 aliphatic rings. The highest BCUT2D eigenvalue weighted by Gasteiger charge is 2.30. The van der Waals surface area contributed by atoms with E-state index in [-0.39, 0.29) is 24.0 Å². The van der Waals surface area contributed by atoms with Crippen molar-refractivity contribution < 1.29 is 24.2 Å². The number of ether oxygens (including phenoxy) is 2. The molecular weight excluding hydrogens is 402 g/mol. The van der Waals surface area contributed by atoms with Crippen LogP contribution in [-0.4, -0.2) is 30.4 Å². The Hall–Kier alpha value is -3.16. The monoisotopic (exact) mass is 421 g/mol. The van der Waals surface area contributed by atoms with E-state index in [0.29, 0.717) is 18.7 Å². The van der Waals surface area contributed by atoms with Gasteiger partial charge in [-0.1, -0.05) is 48.5 Å². The van der Waals surface area contributed by atoms with E-state index in [4.69, 9.17) is 9.47 Å². The number of amides is 1. The lowest BCUT2D eigenvalue weighted by Gasteiger charge is -2.16. The number of nitrogens with one attached hydrogen (secondary N) is 1. The fourth-order valence-electron chi connectivity index (χ4n) is 4.23. The lowest BCUT2D eigenvalue weighted by atomic mass is 9.98. The number of aromatic carboxylic acids is 1. The highest BCUT2D eigenvalue weighted by molar-refractivity contribution is 7.14. The standard InChI is InChI=1S/C23H19NO5S/c25-22(26)21-20(18-11-28-10-9-19(18)30-21)24-23(27)29-12-17-15-7-3-1-5-13(15)14-6-2-4-8-16(14)17/h1-8,17H,9-12H2,(H,24,27)(H,25,26). The Balaban J connectivity index is 1.36. The fraction of sp³-hybridized carbons (Fsp3) is 0.217. The molecule has 30 heavy (non-hydrogen) atoms. The second kappa shape index (κ2) is 7.59. The largest absolute Gasteiger partial charge is 0.477 e. The number of hydrogen-bond donors (Lipinski definition) is 2. The molecule has 2 aromatic carbocycles. The second-order valence-electron chi connectivity index (χ2n) is 7.27. The third kappa shape index (κ3) is 3.16. The summed E-state index contributed by atoms with van der Waals surface area (Å²) in [5.74, 6) is -1.12. The molecule has 1 aliphatic carbocycles. The maximum absolute atomic E-state index is 12.6. The van der Waals surface area contributed by atoms with Crippen molar-refractivity contribution in [3.05, 3.63) is 75.0 Å². The van der Waals surface area contributed by atoms with Crippen LogP contribution in [0.5, 0.6) is 0 Å². The summed E-state index contributed by atoms with van der Waals surface area (Å²) in [7, 11) is 0. The molecule has 2 N–H and O–H groups in total. The minimum atomic E-state index is -1.07. The molecule has 0 saturated heterocycles. The van der Waals surface area contributed by atoms with E-state index in [1.165, 1.54) is 11.3 Å². The van der Waals surface area contributed by atoms with Gasteiger partial charge in [0.15, 0.2) is 0 Å². The summed E-state index contributed by atoms with van der Waals surface area (Å²) in [5, 5.41) is 12.2. The Bertz CT molecular complexity index is 1110. The molecule has 0 saturated carbocycles. The predicted molar refractivity (Wildman–Crippen MR) is 113 cm³/mol. The van der Waals surface area contributed by atoms with Crippen LogP contribution in [0.2, 0.25) is 0 Å². The molecule has 5 rings (SSSR count). The number of rotatable bonds is 4. The van der Waals surface area contributed by atoms with E-state index >= 15 is 0 Å². The number of benzene rings is 2. The van der Waals surface area contributed by atoms with Crippen LogP contribution in [-0.2, 0) is 22.5 Å². The molecule has 0 spiro atoms.